The van der Waals surface area contributed by atoms with Crippen LogP contribution in [0.3, 0.4) is 0 Å². The van der Waals surface area contributed by atoms with Crippen molar-refractivity contribution < 1.29 is 0 Å². The van der Waals surface area contributed by atoms with Crippen LogP contribution in [-0.2, 0) is 0 Å². The molecule has 0 saturated carbocycles. The van der Waals surface area contributed by atoms with E-state index in [1.54, 1.807) is 6.20 Å². The van der Waals surface area contributed by atoms with Crippen molar-refractivity contribution in [1.82, 2.24) is 9.97 Å². The Bertz CT molecular complexity index is 2760. The van der Waals surface area contributed by atoms with E-state index in [0.717, 1.165) is 84.0 Å². The molecule has 0 spiro atoms. The summed E-state index contributed by atoms with van der Waals surface area (Å²) in [4.78, 5) is 9.59. The minimum absolute atomic E-state index is 0.871. The molecule has 0 saturated heterocycles. The van der Waals surface area contributed by atoms with Crippen LogP contribution in [0.1, 0.15) is 16.7 Å². The second-order valence-electron chi connectivity index (χ2n) is 14.3. The molecule has 0 bridgehead atoms. The van der Waals surface area contributed by atoms with Crippen molar-refractivity contribution in [2.75, 3.05) is 5.43 Å². The van der Waals surface area contributed by atoms with Crippen LogP contribution in [0.2, 0.25) is 0 Å². The van der Waals surface area contributed by atoms with Crippen molar-refractivity contribution in [2.45, 2.75) is 6.92 Å². The van der Waals surface area contributed by atoms with E-state index in [4.69, 9.17) is 10.1 Å². The second kappa shape index (κ2) is 16.6. The van der Waals surface area contributed by atoms with E-state index in [-0.39, 0.29) is 0 Å². The topological polar surface area (TPSA) is 50.2 Å². The fourth-order valence-electron chi connectivity index (χ4n) is 7.36. The molecule has 0 radical (unpaired) electrons. The van der Waals surface area contributed by atoms with E-state index in [1.165, 1.54) is 11.1 Å². The maximum atomic E-state index is 5.16. The number of aryl methyl sites for hydroxylation is 1. The average molecular weight is 745 g/mol. The lowest BCUT2D eigenvalue weighted by atomic mass is 9.94. The van der Waals surface area contributed by atoms with Gasteiger partial charge in [0.15, 0.2) is 0 Å². The van der Waals surface area contributed by atoms with Gasteiger partial charge in [0, 0.05) is 40.2 Å². The zero-order valence-corrected chi connectivity index (χ0v) is 32.1. The molecule has 0 aliphatic heterocycles. The lowest BCUT2D eigenvalue weighted by molar-refractivity contribution is 1.30. The van der Waals surface area contributed by atoms with Crippen molar-refractivity contribution in [3.8, 4) is 67.0 Å². The van der Waals surface area contributed by atoms with Gasteiger partial charge in [-0.05, 0) is 87.8 Å². The van der Waals surface area contributed by atoms with Crippen molar-refractivity contribution in [2.24, 2.45) is 5.10 Å². The third-order valence-electron chi connectivity index (χ3n) is 10.4. The van der Waals surface area contributed by atoms with Crippen LogP contribution in [-0.4, -0.2) is 15.7 Å². The molecule has 0 fully saturated rings. The molecule has 58 heavy (non-hydrogen) atoms. The van der Waals surface area contributed by atoms with E-state index in [0.29, 0.717) is 0 Å². The molecule has 0 atom stereocenters. The minimum atomic E-state index is 0.871. The summed E-state index contributed by atoms with van der Waals surface area (Å²) in [7, 11) is 0. The molecule has 7 aromatic carbocycles. The first kappa shape index (κ1) is 36.0. The van der Waals surface area contributed by atoms with Crippen LogP contribution in [0.15, 0.2) is 224 Å². The van der Waals surface area contributed by atoms with Gasteiger partial charge >= 0.3 is 0 Å². The van der Waals surface area contributed by atoms with Crippen LogP contribution in [0.4, 0.5) is 5.69 Å². The summed E-state index contributed by atoms with van der Waals surface area (Å²) in [6.45, 7) is 2.15. The first-order chi connectivity index (χ1) is 28.6. The van der Waals surface area contributed by atoms with Crippen molar-refractivity contribution >= 4 is 11.4 Å². The van der Waals surface area contributed by atoms with Crippen LogP contribution in [0.25, 0.3) is 67.0 Å². The molecule has 2 heterocycles. The predicted octanol–water partition coefficient (Wildman–Crippen LogP) is 13.7. The summed E-state index contributed by atoms with van der Waals surface area (Å²) < 4.78 is 0. The lowest BCUT2D eigenvalue weighted by Gasteiger charge is -2.15. The molecule has 4 heteroatoms. The number of aromatic nitrogens is 2. The fraction of sp³-hybridized carbons (Fsp3) is 0.0185. The summed E-state index contributed by atoms with van der Waals surface area (Å²) in [5.41, 5.74) is 21.3. The fourth-order valence-corrected chi connectivity index (χ4v) is 7.36. The standard InChI is InChI=1S/C54H40N4/c1-38-31-45(39-15-6-2-7-16-39)28-29-51(38)54(44-21-12-5-13-22-44)58-57-50-33-47(32-48(34-50)46-23-14-30-55-37-46)41-24-26-43(27-25-41)53-36-49(40-17-8-3-9-18-40)35-52(56-53)42-19-10-4-11-20-42/h2-37,57H,1H3/b58-54-. The van der Waals surface area contributed by atoms with Crippen LogP contribution < -0.4 is 5.43 Å². The van der Waals surface area contributed by atoms with Gasteiger partial charge in [-0.2, -0.15) is 5.10 Å². The van der Waals surface area contributed by atoms with Gasteiger partial charge in [0.2, 0.25) is 0 Å². The van der Waals surface area contributed by atoms with Crippen molar-refractivity contribution in [3.63, 3.8) is 0 Å². The first-order valence-corrected chi connectivity index (χ1v) is 19.5. The highest BCUT2D eigenvalue weighted by molar-refractivity contribution is 6.14. The number of hydrazone groups is 1. The molecule has 2 aromatic heterocycles. The Labute approximate surface area is 339 Å². The zero-order chi connectivity index (χ0) is 39.1. The Hall–Kier alpha value is -7.69. The van der Waals surface area contributed by atoms with Gasteiger partial charge in [0.05, 0.1) is 22.8 Å². The lowest BCUT2D eigenvalue weighted by Crippen LogP contribution is -2.08. The van der Waals surface area contributed by atoms with E-state index in [1.807, 2.05) is 36.5 Å². The Morgan fingerprint density at radius 1 is 0.414 bits per heavy atom. The minimum Gasteiger partial charge on any atom is -0.278 e. The molecule has 1 N–H and O–H groups in total. The highest BCUT2D eigenvalue weighted by Gasteiger charge is 2.14. The molecular formula is C54H40N4. The molecule has 0 unspecified atom stereocenters. The number of benzene rings is 7. The number of nitrogens with zero attached hydrogens (tertiary/aromatic N) is 3. The quantitative estimate of drug-likeness (QED) is 0.112. The molecule has 9 aromatic rings. The maximum absolute atomic E-state index is 5.16. The number of nitrogens with one attached hydrogen (secondary N) is 1. The zero-order valence-electron chi connectivity index (χ0n) is 32.1. The molecule has 276 valence electrons. The Morgan fingerprint density at radius 3 is 1.50 bits per heavy atom. The third kappa shape index (κ3) is 7.99. The number of hydrogen-bond donors (Lipinski definition) is 1. The first-order valence-electron chi connectivity index (χ1n) is 19.5. The molecule has 0 aliphatic rings. The van der Waals surface area contributed by atoms with Gasteiger partial charge in [0.25, 0.3) is 0 Å². The number of hydrogen-bond acceptors (Lipinski definition) is 4. The Balaban J connectivity index is 1.09. The predicted molar refractivity (Wildman–Crippen MR) is 242 cm³/mol. The summed E-state index contributed by atoms with van der Waals surface area (Å²) in [6, 6.07) is 71.9. The second-order valence-corrected chi connectivity index (χ2v) is 14.3. The highest BCUT2D eigenvalue weighted by Crippen LogP contribution is 2.34. The van der Waals surface area contributed by atoms with Crippen molar-refractivity contribution in [3.05, 3.63) is 235 Å². The number of pyridine rings is 2. The van der Waals surface area contributed by atoms with Gasteiger partial charge < -0.3 is 0 Å². The maximum Gasteiger partial charge on any atom is 0.0980 e. The number of rotatable bonds is 10. The normalized spacial score (nSPS) is 11.3. The van der Waals surface area contributed by atoms with Crippen LogP contribution in [0.5, 0.6) is 0 Å². The van der Waals surface area contributed by atoms with Gasteiger partial charge in [0.1, 0.15) is 0 Å². The summed E-state index contributed by atoms with van der Waals surface area (Å²) in [5.74, 6) is 0. The summed E-state index contributed by atoms with van der Waals surface area (Å²) >= 11 is 0. The third-order valence-corrected chi connectivity index (χ3v) is 10.4. The van der Waals surface area contributed by atoms with Gasteiger partial charge in [-0.3, -0.25) is 10.4 Å². The SMILES string of the molecule is Cc1cc(-c2ccccc2)ccc1/C(=N\Nc1cc(-c2ccc(-c3cc(-c4ccccc4)cc(-c4ccccc4)n3)cc2)cc(-c2cccnc2)c1)c1ccccc1. The molecular weight excluding hydrogens is 705 g/mol. The van der Waals surface area contributed by atoms with E-state index >= 15 is 0 Å². The van der Waals surface area contributed by atoms with Crippen LogP contribution >= 0.6 is 0 Å². The molecule has 9 rings (SSSR count). The molecule has 0 amide bonds. The number of anilines is 1. The van der Waals surface area contributed by atoms with Gasteiger partial charge in [-0.25, -0.2) is 4.98 Å². The average Bonchev–Trinajstić information content (AvgIpc) is 3.31. The van der Waals surface area contributed by atoms with Gasteiger partial charge in [-0.15, -0.1) is 0 Å². The van der Waals surface area contributed by atoms with E-state index in [2.05, 4.69) is 193 Å². The smallest absolute Gasteiger partial charge is 0.0980 e. The van der Waals surface area contributed by atoms with Gasteiger partial charge in [-0.1, -0.05) is 170 Å². The molecule has 4 nitrogen and oxygen atoms in total. The Morgan fingerprint density at radius 2 is 0.897 bits per heavy atom. The monoisotopic (exact) mass is 744 g/mol. The largest absolute Gasteiger partial charge is 0.278 e. The van der Waals surface area contributed by atoms with E-state index < -0.39 is 0 Å². The summed E-state index contributed by atoms with van der Waals surface area (Å²) in [6.07, 6.45) is 3.70. The Kier molecular flexibility index (Phi) is 10.3. The summed E-state index contributed by atoms with van der Waals surface area (Å²) in [5, 5.41) is 5.13. The van der Waals surface area contributed by atoms with E-state index in [9.17, 15) is 0 Å². The highest BCUT2D eigenvalue weighted by atomic mass is 15.3. The van der Waals surface area contributed by atoms with Crippen LogP contribution in [0, 0.1) is 6.92 Å². The molecule has 0 aliphatic carbocycles. The van der Waals surface area contributed by atoms with Crippen molar-refractivity contribution in [1.29, 1.82) is 0 Å².